The molecule has 2 heterocycles. The Bertz CT molecular complexity index is 895. The molecule has 0 radical (unpaired) electrons. The van der Waals surface area contributed by atoms with Gasteiger partial charge < -0.3 is 4.90 Å². The number of benzene rings is 1. The monoisotopic (exact) mass is 355 g/mol. The molecule has 1 aliphatic heterocycles. The summed E-state index contributed by atoms with van der Waals surface area (Å²) in [6.45, 7) is 0. The van der Waals surface area contributed by atoms with Crippen LogP contribution in [0.15, 0.2) is 24.3 Å². The number of aromatic amines is 1. The Hall–Kier alpha value is -2.29. The van der Waals surface area contributed by atoms with Crippen LogP contribution < -0.4 is 0 Å². The summed E-state index contributed by atoms with van der Waals surface area (Å²) in [6, 6.07) is 4.38. The minimum atomic E-state index is -3.10. The molecule has 1 unspecified atom stereocenters. The number of carbonyl (C=O) groups is 1. The standard InChI is InChI=1S/C15H15F2N3O3S/c1-20(10-4-5-24(22,23)8-10)15(21)14-7-13(18-19-14)9-2-3-11(16)12(17)6-9/h2-3,6-7,10H,4-5,8H2,1H3,(H,18,19). The average molecular weight is 355 g/mol. The van der Waals surface area contributed by atoms with Crippen molar-refractivity contribution in [1.29, 1.82) is 0 Å². The van der Waals surface area contributed by atoms with Gasteiger partial charge in [0.1, 0.15) is 5.69 Å². The van der Waals surface area contributed by atoms with Crippen LogP contribution in [-0.4, -0.2) is 54.0 Å². The highest BCUT2D eigenvalue weighted by Crippen LogP contribution is 2.22. The van der Waals surface area contributed by atoms with Crippen molar-refractivity contribution in [2.75, 3.05) is 18.6 Å². The molecule has 128 valence electrons. The summed E-state index contributed by atoms with van der Waals surface area (Å²) in [5.74, 6) is -2.36. The molecule has 1 amide bonds. The second-order valence-corrected chi connectivity index (χ2v) is 8.00. The molecule has 1 saturated heterocycles. The van der Waals surface area contributed by atoms with Gasteiger partial charge in [0.25, 0.3) is 5.91 Å². The molecule has 0 saturated carbocycles. The minimum absolute atomic E-state index is 0.0561. The van der Waals surface area contributed by atoms with Gasteiger partial charge in [-0.2, -0.15) is 5.10 Å². The molecule has 6 nitrogen and oxygen atoms in total. The summed E-state index contributed by atoms with van der Waals surface area (Å²) in [4.78, 5) is 13.8. The maximum Gasteiger partial charge on any atom is 0.271 e. The lowest BCUT2D eigenvalue weighted by molar-refractivity contribution is 0.0741. The highest BCUT2D eigenvalue weighted by atomic mass is 32.2. The molecule has 1 N–H and O–H groups in total. The van der Waals surface area contributed by atoms with E-state index in [1.54, 1.807) is 0 Å². The van der Waals surface area contributed by atoms with E-state index in [9.17, 15) is 22.0 Å². The minimum Gasteiger partial charge on any atom is -0.336 e. The summed E-state index contributed by atoms with van der Waals surface area (Å²) >= 11 is 0. The van der Waals surface area contributed by atoms with Gasteiger partial charge in [-0.1, -0.05) is 0 Å². The van der Waals surface area contributed by atoms with E-state index in [1.807, 2.05) is 0 Å². The van der Waals surface area contributed by atoms with Gasteiger partial charge in [0, 0.05) is 18.7 Å². The second kappa shape index (κ2) is 5.97. The van der Waals surface area contributed by atoms with Gasteiger partial charge in [0.05, 0.1) is 17.2 Å². The van der Waals surface area contributed by atoms with Crippen LogP contribution in [0.3, 0.4) is 0 Å². The molecule has 9 heteroatoms. The van der Waals surface area contributed by atoms with E-state index < -0.39 is 27.4 Å². The van der Waals surface area contributed by atoms with Gasteiger partial charge in [0.2, 0.25) is 0 Å². The molecular weight excluding hydrogens is 340 g/mol. The van der Waals surface area contributed by atoms with Crippen molar-refractivity contribution in [3.63, 3.8) is 0 Å². The Kier molecular flexibility index (Phi) is 4.12. The van der Waals surface area contributed by atoms with Crippen LogP contribution in [0.1, 0.15) is 16.9 Å². The SMILES string of the molecule is CN(C(=O)c1cc(-c2ccc(F)c(F)c2)n[nH]1)C1CCS(=O)(=O)C1. The first-order chi connectivity index (χ1) is 11.3. The summed E-state index contributed by atoms with van der Waals surface area (Å²) in [6.07, 6.45) is 0.398. The van der Waals surface area contributed by atoms with Crippen molar-refractivity contribution in [1.82, 2.24) is 15.1 Å². The number of sulfone groups is 1. The predicted octanol–water partition coefficient (Wildman–Crippen LogP) is 1.61. The number of halogens is 2. The van der Waals surface area contributed by atoms with Crippen molar-refractivity contribution in [3.05, 3.63) is 41.6 Å². The maximum atomic E-state index is 13.3. The van der Waals surface area contributed by atoms with Crippen molar-refractivity contribution < 1.29 is 22.0 Å². The van der Waals surface area contributed by atoms with E-state index in [1.165, 1.54) is 24.1 Å². The lowest BCUT2D eigenvalue weighted by Gasteiger charge is -2.22. The molecule has 1 fully saturated rings. The molecule has 2 aromatic rings. The fourth-order valence-corrected chi connectivity index (χ4v) is 4.45. The molecule has 1 atom stereocenters. The Morgan fingerprint density at radius 3 is 2.67 bits per heavy atom. The van der Waals surface area contributed by atoms with Crippen molar-refractivity contribution in [3.8, 4) is 11.3 Å². The summed E-state index contributed by atoms with van der Waals surface area (Å²) in [5, 5.41) is 6.49. The largest absolute Gasteiger partial charge is 0.336 e. The summed E-state index contributed by atoms with van der Waals surface area (Å²) in [5.41, 5.74) is 0.779. The lowest BCUT2D eigenvalue weighted by Crippen LogP contribution is -2.38. The van der Waals surface area contributed by atoms with E-state index in [0.717, 1.165) is 12.1 Å². The van der Waals surface area contributed by atoms with Gasteiger partial charge in [-0.25, -0.2) is 17.2 Å². The molecule has 1 aromatic heterocycles. The fourth-order valence-electron chi connectivity index (χ4n) is 2.67. The number of nitrogens with zero attached hydrogens (tertiary/aromatic N) is 2. The van der Waals surface area contributed by atoms with E-state index in [4.69, 9.17) is 0 Å². The number of amides is 1. The van der Waals surface area contributed by atoms with Crippen LogP contribution in [0.5, 0.6) is 0 Å². The highest BCUT2D eigenvalue weighted by molar-refractivity contribution is 7.91. The molecule has 24 heavy (non-hydrogen) atoms. The lowest BCUT2D eigenvalue weighted by atomic mass is 10.1. The number of hydrogen-bond donors (Lipinski definition) is 1. The number of nitrogens with one attached hydrogen (secondary N) is 1. The summed E-state index contributed by atoms with van der Waals surface area (Å²) < 4.78 is 49.3. The van der Waals surface area contributed by atoms with Crippen LogP contribution in [-0.2, 0) is 9.84 Å². The number of aromatic nitrogens is 2. The molecule has 3 rings (SSSR count). The summed E-state index contributed by atoms with van der Waals surface area (Å²) in [7, 11) is -1.57. The second-order valence-electron chi connectivity index (χ2n) is 5.77. The first kappa shape index (κ1) is 16.6. The maximum absolute atomic E-state index is 13.3. The molecule has 1 aromatic carbocycles. The van der Waals surface area contributed by atoms with E-state index in [0.29, 0.717) is 17.7 Å². The van der Waals surface area contributed by atoms with Gasteiger partial charge in [-0.05, 0) is 30.7 Å². The number of hydrogen-bond acceptors (Lipinski definition) is 4. The Balaban J connectivity index is 1.79. The van der Waals surface area contributed by atoms with Crippen LogP contribution >= 0.6 is 0 Å². The van der Waals surface area contributed by atoms with Gasteiger partial charge in [-0.3, -0.25) is 9.89 Å². The molecule has 0 aliphatic carbocycles. The van der Waals surface area contributed by atoms with E-state index >= 15 is 0 Å². The van der Waals surface area contributed by atoms with Gasteiger partial charge >= 0.3 is 0 Å². The zero-order chi connectivity index (χ0) is 17.5. The van der Waals surface area contributed by atoms with E-state index in [2.05, 4.69) is 10.2 Å². The van der Waals surface area contributed by atoms with Crippen molar-refractivity contribution in [2.24, 2.45) is 0 Å². The number of carbonyl (C=O) groups excluding carboxylic acids is 1. The van der Waals surface area contributed by atoms with Gasteiger partial charge in [-0.15, -0.1) is 0 Å². The normalized spacial score (nSPS) is 19.4. The smallest absolute Gasteiger partial charge is 0.271 e. The number of H-pyrrole nitrogens is 1. The topological polar surface area (TPSA) is 83.1 Å². The van der Waals surface area contributed by atoms with Crippen LogP contribution in [0.2, 0.25) is 0 Å². The zero-order valence-corrected chi connectivity index (χ0v) is 13.6. The Morgan fingerprint density at radius 2 is 2.04 bits per heavy atom. The van der Waals surface area contributed by atoms with E-state index in [-0.39, 0.29) is 23.2 Å². The first-order valence-electron chi connectivity index (χ1n) is 7.25. The van der Waals surface area contributed by atoms with Crippen LogP contribution in [0.4, 0.5) is 8.78 Å². The predicted molar refractivity (Wildman–Crippen MR) is 83.1 cm³/mol. The Morgan fingerprint density at radius 1 is 1.29 bits per heavy atom. The Labute approximate surface area is 137 Å². The molecular formula is C15H15F2N3O3S. The quantitative estimate of drug-likeness (QED) is 0.907. The van der Waals surface area contributed by atoms with Crippen molar-refractivity contribution in [2.45, 2.75) is 12.5 Å². The number of rotatable bonds is 3. The average Bonchev–Trinajstić information content (AvgIpc) is 3.15. The fraction of sp³-hybridized carbons (Fsp3) is 0.333. The highest BCUT2D eigenvalue weighted by Gasteiger charge is 2.33. The first-order valence-corrected chi connectivity index (χ1v) is 9.07. The molecule has 1 aliphatic rings. The molecule has 0 spiro atoms. The zero-order valence-electron chi connectivity index (χ0n) is 12.8. The third kappa shape index (κ3) is 3.16. The third-order valence-electron chi connectivity index (χ3n) is 4.10. The van der Waals surface area contributed by atoms with Crippen molar-refractivity contribution >= 4 is 15.7 Å². The van der Waals surface area contributed by atoms with Crippen LogP contribution in [0.25, 0.3) is 11.3 Å². The third-order valence-corrected chi connectivity index (χ3v) is 5.85. The van der Waals surface area contributed by atoms with Gasteiger partial charge in [0.15, 0.2) is 21.5 Å². The molecule has 0 bridgehead atoms. The van der Waals surface area contributed by atoms with Crippen LogP contribution in [0, 0.1) is 11.6 Å².